The van der Waals surface area contributed by atoms with Gasteiger partial charge in [-0.2, -0.15) is 13.2 Å². The lowest BCUT2D eigenvalue weighted by Crippen LogP contribution is -2.15. The second-order valence-corrected chi connectivity index (χ2v) is 7.10. The van der Waals surface area contributed by atoms with Crippen LogP contribution >= 0.6 is 11.6 Å². The lowest BCUT2D eigenvalue weighted by atomic mass is 9.83. The quantitative estimate of drug-likeness (QED) is 0.621. The summed E-state index contributed by atoms with van der Waals surface area (Å²) in [5, 5.41) is -0.387. The molecule has 1 atom stereocenters. The summed E-state index contributed by atoms with van der Waals surface area (Å²) >= 11 is 5.55. The topological polar surface area (TPSA) is 17.1 Å². The Kier molecular flexibility index (Phi) is 5.48. The van der Waals surface area contributed by atoms with E-state index in [2.05, 4.69) is 20.8 Å². The van der Waals surface area contributed by atoms with Crippen LogP contribution in [0.4, 0.5) is 13.2 Å². The third kappa shape index (κ3) is 5.70. The standard InChI is InChI=1S/C16H20ClF3O/c1-10(9-15(2,3)4)7-14(21)11-5-6-13(17)12(8-11)16(18,19)20/h5-6,8,10H,7,9H2,1-4H3. The van der Waals surface area contributed by atoms with E-state index < -0.39 is 11.7 Å². The Labute approximate surface area is 128 Å². The zero-order valence-electron chi connectivity index (χ0n) is 12.6. The predicted molar refractivity (Wildman–Crippen MR) is 78.6 cm³/mol. The van der Waals surface area contributed by atoms with E-state index in [-0.39, 0.29) is 34.1 Å². The number of carbonyl (C=O) groups is 1. The molecule has 0 aliphatic heterocycles. The van der Waals surface area contributed by atoms with Gasteiger partial charge in [-0.15, -0.1) is 0 Å². The van der Waals surface area contributed by atoms with E-state index >= 15 is 0 Å². The Morgan fingerprint density at radius 1 is 1.24 bits per heavy atom. The molecule has 0 aliphatic carbocycles. The minimum absolute atomic E-state index is 0.0625. The van der Waals surface area contributed by atoms with Crippen LogP contribution in [0, 0.1) is 11.3 Å². The van der Waals surface area contributed by atoms with Crippen molar-refractivity contribution in [3.05, 3.63) is 34.3 Å². The van der Waals surface area contributed by atoms with Crippen molar-refractivity contribution in [2.75, 3.05) is 0 Å². The molecule has 0 amide bonds. The average Bonchev–Trinajstić information content (AvgIpc) is 2.24. The Bertz CT molecular complexity index is 515. The van der Waals surface area contributed by atoms with E-state index in [1.54, 1.807) is 0 Å². The largest absolute Gasteiger partial charge is 0.417 e. The van der Waals surface area contributed by atoms with Gasteiger partial charge in [0, 0.05) is 12.0 Å². The molecule has 0 bridgehead atoms. The molecule has 1 aromatic carbocycles. The summed E-state index contributed by atoms with van der Waals surface area (Å²) in [6.07, 6.45) is -3.49. The van der Waals surface area contributed by atoms with Crippen molar-refractivity contribution in [1.29, 1.82) is 0 Å². The molecule has 1 unspecified atom stereocenters. The number of alkyl halides is 3. The fourth-order valence-corrected chi connectivity index (χ4v) is 2.69. The Morgan fingerprint density at radius 2 is 1.81 bits per heavy atom. The first-order valence-electron chi connectivity index (χ1n) is 6.80. The van der Waals surface area contributed by atoms with E-state index in [9.17, 15) is 18.0 Å². The van der Waals surface area contributed by atoms with E-state index in [4.69, 9.17) is 11.6 Å². The van der Waals surface area contributed by atoms with Crippen LogP contribution in [0.15, 0.2) is 18.2 Å². The number of halogens is 4. The molecule has 0 aromatic heterocycles. The first kappa shape index (κ1) is 18.0. The van der Waals surface area contributed by atoms with Gasteiger partial charge >= 0.3 is 6.18 Å². The van der Waals surface area contributed by atoms with Gasteiger partial charge in [0.1, 0.15) is 0 Å². The van der Waals surface area contributed by atoms with Gasteiger partial charge in [-0.1, -0.05) is 39.3 Å². The third-order valence-electron chi connectivity index (χ3n) is 3.09. The molecule has 0 fully saturated rings. The summed E-state index contributed by atoms with van der Waals surface area (Å²) in [7, 11) is 0. The second kappa shape index (κ2) is 6.39. The number of rotatable bonds is 4. The summed E-state index contributed by atoms with van der Waals surface area (Å²) in [5.41, 5.74) is -0.817. The van der Waals surface area contributed by atoms with Crippen LogP contribution in [-0.2, 0) is 6.18 Å². The van der Waals surface area contributed by atoms with Crippen molar-refractivity contribution >= 4 is 17.4 Å². The molecule has 118 valence electrons. The van der Waals surface area contributed by atoms with Gasteiger partial charge in [0.25, 0.3) is 0 Å². The van der Waals surface area contributed by atoms with Gasteiger partial charge < -0.3 is 0 Å². The minimum Gasteiger partial charge on any atom is -0.294 e. The third-order valence-corrected chi connectivity index (χ3v) is 3.42. The van der Waals surface area contributed by atoms with Crippen molar-refractivity contribution in [2.45, 2.75) is 46.7 Å². The molecule has 0 saturated carbocycles. The molecule has 0 radical (unpaired) electrons. The average molecular weight is 321 g/mol. The fraction of sp³-hybridized carbons (Fsp3) is 0.562. The molecular weight excluding hydrogens is 301 g/mol. The van der Waals surface area contributed by atoms with Crippen LogP contribution in [0.5, 0.6) is 0 Å². The van der Waals surface area contributed by atoms with Crippen LogP contribution in [0.3, 0.4) is 0 Å². The van der Waals surface area contributed by atoms with Crippen molar-refractivity contribution < 1.29 is 18.0 Å². The van der Waals surface area contributed by atoms with Gasteiger partial charge in [-0.3, -0.25) is 4.79 Å². The first-order valence-corrected chi connectivity index (χ1v) is 7.18. The van der Waals surface area contributed by atoms with Crippen LogP contribution in [-0.4, -0.2) is 5.78 Å². The highest BCUT2D eigenvalue weighted by atomic mass is 35.5. The molecule has 1 nitrogen and oxygen atoms in total. The molecule has 0 heterocycles. The van der Waals surface area contributed by atoms with E-state index in [0.29, 0.717) is 0 Å². The molecule has 0 spiro atoms. The predicted octanol–water partition coefficient (Wildman–Crippen LogP) is 6.00. The van der Waals surface area contributed by atoms with Crippen molar-refractivity contribution in [3.63, 3.8) is 0 Å². The zero-order chi connectivity index (χ0) is 16.4. The number of hydrogen-bond donors (Lipinski definition) is 0. The minimum atomic E-state index is -4.55. The summed E-state index contributed by atoms with van der Waals surface area (Å²) in [6, 6.07) is 3.32. The number of carbonyl (C=O) groups excluding carboxylic acids is 1. The first-order chi connectivity index (χ1) is 9.40. The van der Waals surface area contributed by atoms with Gasteiger partial charge in [0.15, 0.2) is 5.78 Å². The zero-order valence-corrected chi connectivity index (χ0v) is 13.4. The number of hydrogen-bond acceptors (Lipinski definition) is 1. The lowest BCUT2D eigenvalue weighted by molar-refractivity contribution is -0.137. The molecule has 0 N–H and O–H groups in total. The summed E-state index contributed by atoms with van der Waals surface area (Å²) in [6.45, 7) is 8.14. The molecule has 1 aromatic rings. The number of ketones is 1. The number of Topliss-reactive ketones (excluding diaryl/α,β-unsaturated/α-hetero) is 1. The lowest BCUT2D eigenvalue weighted by Gasteiger charge is -2.22. The molecule has 1 rings (SSSR count). The monoisotopic (exact) mass is 320 g/mol. The summed E-state index contributed by atoms with van der Waals surface area (Å²) in [4.78, 5) is 12.1. The highest BCUT2D eigenvalue weighted by molar-refractivity contribution is 6.31. The van der Waals surface area contributed by atoms with Gasteiger partial charge in [0.05, 0.1) is 10.6 Å². The van der Waals surface area contributed by atoms with E-state index in [0.717, 1.165) is 18.6 Å². The molecular formula is C16H20ClF3O. The second-order valence-electron chi connectivity index (χ2n) is 6.69. The molecule has 0 saturated heterocycles. The smallest absolute Gasteiger partial charge is 0.294 e. The van der Waals surface area contributed by atoms with E-state index in [1.165, 1.54) is 6.07 Å². The Balaban J connectivity index is 2.89. The Morgan fingerprint density at radius 3 is 2.29 bits per heavy atom. The molecule has 21 heavy (non-hydrogen) atoms. The van der Waals surface area contributed by atoms with Gasteiger partial charge in [-0.25, -0.2) is 0 Å². The van der Waals surface area contributed by atoms with Crippen LogP contribution in [0.1, 0.15) is 56.5 Å². The molecule has 5 heteroatoms. The van der Waals surface area contributed by atoms with Crippen molar-refractivity contribution in [1.82, 2.24) is 0 Å². The van der Waals surface area contributed by atoms with Gasteiger partial charge in [-0.05, 0) is 36.0 Å². The van der Waals surface area contributed by atoms with Crippen LogP contribution in [0.25, 0.3) is 0 Å². The van der Waals surface area contributed by atoms with Crippen molar-refractivity contribution in [2.24, 2.45) is 11.3 Å². The maximum Gasteiger partial charge on any atom is 0.417 e. The molecule has 0 aliphatic rings. The maximum atomic E-state index is 12.8. The highest BCUT2D eigenvalue weighted by Gasteiger charge is 2.33. The number of benzene rings is 1. The highest BCUT2D eigenvalue weighted by Crippen LogP contribution is 2.35. The van der Waals surface area contributed by atoms with Crippen LogP contribution in [0.2, 0.25) is 5.02 Å². The summed E-state index contributed by atoms with van der Waals surface area (Å²) < 4.78 is 38.3. The van der Waals surface area contributed by atoms with Crippen LogP contribution < -0.4 is 0 Å². The maximum absolute atomic E-state index is 12.8. The van der Waals surface area contributed by atoms with Gasteiger partial charge in [0.2, 0.25) is 0 Å². The Hall–Kier alpha value is -1.03. The normalized spacial score (nSPS) is 14.1. The SMILES string of the molecule is CC(CC(=O)c1ccc(Cl)c(C(F)(F)F)c1)CC(C)(C)C. The van der Waals surface area contributed by atoms with Crippen molar-refractivity contribution in [3.8, 4) is 0 Å². The van der Waals surface area contributed by atoms with E-state index in [1.807, 2.05) is 6.92 Å². The summed E-state index contributed by atoms with van der Waals surface area (Å²) in [5.74, 6) is -0.170. The fourth-order valence-electron chi connectivity index (χ4n) is 2.47.